The topological polar surface area (TPSA) is 0 Å². The first kappa shape index (κ1) is 25.0. The zero-order chi connectivity index (χ0) is 24.5. The van der Waals surface area contributed by atoms with Crippen LogP contribution >= 0.6 is 0 Å². The van der Waals surface area contributed by atoms with Gasteiger partial charge in [0.2, 0.25) is 0 Å². The van der Waals surface area contributed by atoms with Crippen LogP contribution in [0.5, 0.6) is 0 Å². The van der Waals surface area contributed by atoms with E-state index in [-0.39, 0.29) is 0 Å². The molecular formula is C35H40. The molecule has 0 nitrogen and oxygen atoms in total. The molecule has 0 heterocycles. The van der Waals surface area contributed by atoms with Gasteiger partial charge in [-0.2, -0.15) is 0 Å². The Morgan fingerprint density at radius 3 is 1.60 bits per heavy atom. The highest BCUT2D eigenvalue weighted by Crippen LogP contribution is 2.39. The minimum Gasteiger partial charge on any atom is -0.0622 e. The minimum absolute atomic E-state index is 0.424. The molecule has 0 aliphatic heterocycles. The average Bonchev–Trinajstić information content (AvgIpc) is 2.91. The van der Waals surface area contributed by atoms with Gasteiger partial charge in [0.1, 0.15) is 0 Å². The minimum atomic E-state index is 0.424. The molecule has 0 aliphatic rings. The van der Waals surface area contributed by atoms with E-state index in [9.17, 15) is 0 Å². The summed E-state index contributed by atoms with van der Waals surface area (Å²) < 4.78 is 0. The molecular weight excluding hydrogens is 420 g/mol. The van der Waals surface area contributed by atoms with Crippen molar-refractivity contribution in [3.63, 3.8) is 0 Å². The molecule has 4 atom stereocenters. The summed E-state index contributed by atoms with van der Waals surface area (Å²) in [4.78, 5) is 0. The molecule has 0 heteroatoms. The second kappa shape index (κ2) is 12.5. The van der Waals surface area contributed by atoms with E-state index in [1.165, 1.54) is 47.1 Å². The highest BCUT2D eigenvalue weighted by atomic mass is 14.3. The highest BCUT2D eigenvalue weighted by Gasteiger charge is 2.25. The molecule has 4 unspecified atom stereocenters. The summed E-state index contributed by atoms with van der Waals surface area (Å²) in [6, 6.07) is 42.5. The van der Waals surface area contributed by atoms with Crippen molar-refractivity contribution in [1.82, 2.24) is 0 Å². The summed E-state index contributed by atoms with van der Waals surface area (Å²) in [7, 11) is 0. The second-order valence-corrected chi connectivity index (χ2v) is 10.4. The van der Waals surface area contributed by atoms with Crippen LogP contribution in [0, 0.1) is 18.8 Å². The van der Waals surface area contributed by atoms with Gasteiger partial charge in [0, 0.05) is 5.92 Å². The number of rotatable bonds is 11. The van der Waals surface area contributed by atoms with Gasteiger partial charge in [-0.05, 0) is 72.6 Å². The maximum atomic E-state index is 2.46. The normalized spacial score (nSPS) is 14.7. The van der Waals surface area contributed by atoms with Crippen LogP contribution in [0.3, 0.4) is 0 Å². The van der Waals surface area contributed by atoms with Gasteiger partial charge in [-0.1, -0.05) is 135 Å². The number of hydrogen-bond acceptors (Lipinski definition) is 0. The predicted octanol–water partition coefficient (Wildman–Crippen LogP) is 9.60. The maximum absolute atomic E-state index is 2.46. The molecule has 180 valence electrons. The number of benzene rings is 4. The van der Waals surface area contributed by atoms with E-state index in [1.54, 1.807) is 0 Å². The molecule has 4 aromatic rings. The Kier molecular flexibility index (Phi) is 8.96. The van der Waals surface area contributed by atoms with Crippen molar-refractivity contribution in [2.75, 3.05) is 0 Å². The Balaban J connectivity index is 1.51. The van der Waals surface area contributed by atoms with Gasteiger partial charge in [0.05, 0.1) is 0 Å². The van der Waals surface area contributed by atoms with Gasteiger partial charge in [0.15, 0.2) is 0 Å². The Labute approximate surface area is 213 Å². The lowest BCUT2D eigenvalue weighted by Crippen LogP contribution is -2.16. The van der Waals surface area contributed by atoms with Crippen LogP contribution in [0.25, 0.3) is 0 Å². The van der Waals surface area contributed by atoms with Crippen molar-refractivity contribution in [3.8, 4) is 0 Å². The van der Waals surface area contributed by atoms with E-state index in [4.69, 9.17) is 0 Å². The van der Waals surface area contributed by atoms with E-state index in [0.717, 1.165) is 6.42 Å². The Hall–Kier alpha value is -3.12. The lowest BCUT2D eigenvalue weighted by molar-refractivity contribution is 0.358. The van der Waals surface area contributed by atoms with Gasteiger partial charge in [-0.3, -0.25) is 0 Å². The molecule has 0 aliphatic carbocycles. The Morgan fingerprint density at radius 2 is 1.00 bits per heavy atom. The van der Waals surface area contributed by atoms with Crippen molar-refractivity contribution in [2.45, 2.75) is 58.3 Å². The SMILES string of the molecule is Cc1ccc(C(c2ccccc2)C(C)CCC(c2ccccc2)C(C)CCc2ccccc2)cc1. The first-order valence-electron chi connectivity index (χ1n) is 13.3. The van der Waals surface area contributed by atoms with Gasteiger partial charge in [-0.15, -0.1) is 0 Å². The third-order valence-corrected chi connectivity index (χ3v) is 7.74. The van der Waals surface area contributed by atoms with Crippen LogP contribution < -0.4 is 0 Å². The van der Waals surface area contributed by atoms with Crippen molar-refractivity contribution < 1.29 is 0 Å². The van der Waals surface area contributed by atoms with Crippen LogP contribution in [0.1, 0.15) is 72.8 Å². The van der Waals surface area contributed by atoms with Gasteiger partial charge >= 0.3 is 0 Å². The Bertz CT molecular complexity index is 1110. The molecule has 0 N–H and O–H groups in total. The van der Waals surface area contributed by atoms with Gasteiger partial charge in [-0.25, -0.2) is 0 Å². The van der Waals surface area contributed by atoms with Crippen LogP contribution in [0.15, 0.2) is 115 Å². The molecule has 0 aromatic heterocycles. The fourth-order valence-electron chi connectivity index (χ4n) is 5.61. The predicted molar refractivity (Wildman–Crippen MR) is 151 cm³/mol. The molecule has 0 fully saturated rings. The third-order valence-electron chi connectivity index (χ3n) is 7.74. The zero-order valence-corrected chi connectivity index (χ0v) is 21.6. The summed E-state index contributed by atoms with van der Waals surface area (Å²) in [5, 5.41) is 0. The van der Waals surface area contributed by atoms with E-state index < -0.39 is 0 Å². The third kappa shape index (κ3) is 6.95. The standard InChI is InChI=1S/C35H40/c1-27-19-24-33(25-20-27)35(32-17-11-6-12-18-32)29(3)22-26-34(31-15-9-5-10-16-31)28(2)21-23-30-13-7-4-8-14-30/h4-20,24-25,28-29,34-35H,21-23,26H2,1-3H3. The number of aryl methyl sites for hydroxylation is 2. The first-order valence-corrected chi connectivity index (χ1v) is 13.3. The van der Waals surface area contributed by atoms with Crippen molar-refractivity contribution in [2.24, 2.45) is 11.8 Å². The molecule has 0 amide bonds. The monoisotopic (exact) mass is 460 g/mol. The summed E-state index contributed by atoms with van der Waals surface area (Å²) in [6.07, 6.45) is 4.80. The fraction of sp³-hybridized carbons (Fsp3) is 0.314. The summed E-state index contributed by atoms with van der Waals surface area (Å²) in [6.45, 7) is 7.08. The van der Waals surface area contributed by atoms with Gasteiger partial charge in [0.25, 0.3) is 0 Å². The van der Waals surface area contributed by atoms with Crippen LogP contribution in [0.2, 0.25) is 0 Å². The lowest BCUT2D eigenvalue weighted by atomic mass is 9.75. The summed E-state index contributed by atoms with van der Waals surface area (Å²) in [5.74, 6) is 2.21. The van der Waals surface area contributed by atoms with E-state index in [2.05, 4.69) is 136 Å². The quantitative estimate of drug-likeness (QED) is 0.209. The first-order chi connectivity index (χ1) is 17.1. The molecule has 0 radical (unpaired) electrons. The zero-order valence-electron chi connectivity index (χ0n) is 21.6. The lowest BCUT2D eigenvalue weighted by Gasteiger charge is -2.30. The number of hydrogen-bond donors (Lipinski definition) is 0. The van der Waals surface area contributed by atoms with E-state index in [1.807, 2.05) is 0 Å². The maximum Gasteiger partial charge on any atom is 0.0115 e. The van der Waals surface area contributed by atoms with Crippen molar-refractivity contribution >= 4 is 0 Å². The van der Waals surface area contributed by atoms with Crippen LogP contribution in [-0.4, -0.2) is 0 Å². The molecule has 35 heavy (non-hydrogen) atoms. The van der Waals surface area contributed by atoms with E-state index >= 15 is 0 Å². The smallest absolute Gasteiger partial charge is 0.0115 e. The van der Waals surface area contributed by atoms with Crippen molar-refractivity contribution in [1.29, 1.82) is 0 Å². The molecule has 0 spiro atoms. The molecule has 0 saturated heterocycles. The highest BCUT2D eigenvalue weighted by molar-refractivity contribution is 5.34. The van der Waals surface area contributed by atoms with Gasteiger partial charge < -0.3 is 0 Å². The van der Waals surface area contributed by atoms with Crippen LogP contribution in [-0.2, 0) is 6.42 Å². The molecule has 4 rings (SSSR count). The molecule has 0 bridgehead atoms. The fourth-order valence-corrected chi connectivity index (χ4v) is 5.61. The van der Waals surface area contributed by atoms with Crippen molar-refractivity contribution in [3.05, 3.63) is 143 Å². The van der Waals surface area contributed by atoms with Crippen LogP contribution in [0.4, 0.5) is 0 Å². The largest absolute Gasteiger partial charge is 0.0622 e. The average molecular weight is 461 g/mol. The van der Waals surface area contributed by atoms with E-state index in [0.29, 0.717) is 23.7 Å². The molecule has 4 aromatic carbocycles. The molecule has 0 saturated carbocycles. The second-order valence-electron chi connectivity index (χ2n) is 10.4. The summed E-state index contributed by atoms with van der Waals surface area (Å²) in [5.41, 5.74) is 7.12. The summed E-state index contributed by atoms with van der Waals surface area (Å²) >= 11 is 0. The Morgan fingerprint density at radius 1 is 0.486 bits per heavy atom.